The lowest BCUT2D eigenvalue weighted by molar-refractivity contribution is -0.113. The first-order valence-electron chi connectivity index (χ1n) is 7.87. The number of thiophene rings is 1. The minimum Gasteiger partial charge on any atom is -0.494 e. The number of hydrogen-bond donors (Lipinski definition) is 2. The van der Waals surface area contributed by atoms with Gasteiger partial charge in [0.1, 0.15) is 0 Å². The SMILES string of the molecule is O=C(CSc1c2ccccc2c(O)n1Cc1cccs1)Nc1nccs1. The van der Waals surface area contributed by atoms with Crippen molar-refractivity contribution in [2.24, 2.45) is 0 Å². The van der Waals surface area contributed by atoms with Crippen LogP contribution in [-0.2, 0) is 11.3 Å². The monoisotopic (exact) mass is 401 g/mol. The minimum atomic E-state index is -0.114. The fourth-order valence-corrected chi connectivity index (χ4v) is 4.90. The molecule has 1 amide bonds. The molecule has 0 aliphatic heterocycles. The van der Waals surface area contributed by atoms with Crippen LogP contribution in [0.2, 0.25) is 0 Å². The number of amides is 1. The summed E-state index contributed by atoms with van der Waals surface area (Å²) in [5, 5.41) is 20.5. The van der Waals surface area contributed by atoms with Gasteiger partial charge >= 0.3 is 0 Å². The Kier molecular flexibility index (Phi) is 4.96. The number of aromatic hydroxyl groups is 1. The zero-order chi connectivity index (χ0) is 17.9. The van der Waals surface area contributed by atoms with Crippen molar-refractivity contribution in [1.29, 1.82) is 0 Å². The molecule has 0 radical (unpaired) electrons. The summed E-state index contributed by atoms with van der Waals surface area (Å²) in [5.74, 6) is 0.367. The summed E-state index contributed by atoms with van der Waals surface area (Å²) in [6.45, 7) is 0.578. The number of carbonyl (C=O) groups excluding carboxylic acids is 1. The molecule has 2 N–H and O–H groups in total. The van der Waals surface area contributed by atoms with Gasteiger partial charge in [-0.05, 0) is 17.5 Å². The highest BCUT2D eigenvalue weighted by atomic mass is 32.2. The number of hydrogen-bond acceptors (Lipinski definition) is 6. The highest BCUT2D eigenvalue weighted by Gasteiger charge is 2.18. The number of thioether (sulfide) groups is 1. The predicted molar refractivity (Wildman–Crippen MR) is 108 cm³/mol. The Balaban J connectivity index is 1.61. The molecule has 0 aliphatic carbocycles. The first-order chi connectivity index (χ1) is 12.7. The third-order valence-corrected chi connectivity index (χ3v) is 6.48. The first-order valence-corrected chi connectivity index (χ1v) is 10.6. The molecule has 0 bridgehead atoms. The van der Waals surface area contributed by atoms with Gasteiger partial charge in [0.25, 0.3) is 0 Å². The number of rotatable bonds is 6. The predicted octanol–water partition coefficient (Wildman–Crippen LogP) is 4.64. The number of benzene rings is 1. The molecule has 3 aromatic heterocycles. The molecule has 0 aliphatic rings. The maximum absolute atomic E-state index is 12.2. The van der Waals surface area contributed by atoms with Crippen molar-refractivity contribution >= 4 is 56.2 Å². The van der Waals surface area contributed by atoms with Crippen LogP contribution in [0.4, 0.5) is 5.13 Å². The fourth-order valence-electron chi connectivity index (χ4n) is 2.69. The Labute approximate surface area is 162 Å². The van der Waals surface area contributed by atoms with E-state index in [1.54, 1.807) is 17.5 Å². The van der Waals surface area contributed by atoms with Crippen molar-refractivity contribution < 1.29 is 9.90 Å². The zero-order valence-corrected chi connectivity index (χ0v) is 16.0. The Hall–Kier alpha value is -2.29. The average Bonchev–Trinajstić information content (AvgIpc) is 3.38. The molecular formula is C18H15N3O2S3. The number of nitrogens with one attached hydrogen (secondary N) is 1. The molecule has 4 rings (SSSR count). The lowest BCUT2D eigenvalue weighted by Crippen LogP contribution is -2.14. The molecule has 0 fully saturated rings. The second kappa shape index (κ2) is 7.53. The highest BCUT2D eigenvalue weighted by molar-refractivity contribution is 8.00. The summed E-state index contributed by atoms with van der Waals surface area (Å²) in [5.41, 5.74) is 0. The van der Waals surface area contributed by atoms with Gasteiger partial charge in [-0.15, -0.1) is 22.7 Å². The van der Waals surface area contributed by atoms with Crippen LogP contribution in [0.15, 0.2) is 58.4 Å². The van der Waals surface area contributed by atoms with Crippen LogP contribution in [0, 0.1) is 0 Å². The molecule has 4 aromatic rings. The van der Waals surface area contributed by atoms with Crippen molar-refractivity contribution in [1.82, 2.24) is 9.55 Å². The maximum atomic E-state index is 12.2. The molecule has 0 unspecified atom stereocenters. The maximum Gasteiger partial charge on any atom is 0.236 e. The van der Waals surface area contributed by atoms with Gasteiger partial charge in [0.15, 0.2) is 11.0 Å². The van der Waals surface area contributed by atoms with Crippen molar-refractivity contribution in [3.05, 3.63) is 58.2 Å². The minimum absolute atomic E-state index is 0.114. The average molecular weight is 402 g/mol. The van der Waals surface area contributed by atoms with E-state index in [-0.39, 0.29) is 17.5 Å². The summed E-state index contributed by atoms with van der Waals surface area (Å²) in [7, 11) is 0. The Bertz CT molecular complexity index is 1020. The van der Waals surface area contributed by atoms with E-state index in [2.05, 4.69) is 10.3 Å². The highest BCUT2D eigenvalue weighted by Crippen LogP contribution is 2.38. The van der Waals surface area contributed by atoms with Crippen molar-refractivity contribution in [3.8, 4) is 5.88 Å². The molecule has 3 heterocycles. The zero-order valence-electron chi connectivity index (χ0n) is 13.6. The molecular weight excluding hydrogens is 386 g/mol. The van der Waals surface area contributed by atoms with Gasteiger partial charge in [-0.25, -0.2) is 4.98 Å². The number of aromatic nitrogens is 2. The number of thiazole rings is 1. The summed E-state index contributed by atoms with van der Waals surface area (Å²) in [4.78, 5) is 17.4. The van der Waals surface area contributed by atoms with Gasteiger partial charge in [0.05, 0.1) is 17.3 Å². The summed E-state index contributed by atoms with van der Waals surface area (Å²) in [6.07, 6.45) is 1.66. The van der Waals surface area contributed by atoms with Crippen LogP contribution in [0.5, 0.6) is 5.88 Å². The summed E-state index contributed by atoms with van der Waals surface area (Å²) >= 11 is 4.46. The molecule has 0 atom stereocenters. The quantitative estimate of drug-likeness (QED) is 0.462. The van der Waals surface area contributed by atoms with Crippen molar-refractivity contribution in [3.63, 3.8) is 0 Å². The molecule has 0 saturated heterocycles. The number of nitrogens with zero attached hydrogens (tertiary/aromatic N) is 2. The molecule has 0 saturated carbocycles. The molecule has 132 valence electrons. The fraction of sp³-hybridized carbons (Fsp3) is 0.111. The Morgan fingerprint density at radius 3 is 2.73 bits per heavy atom. The molecule has 1 aromatic carbocycles. The number of fused-ring (bicyclic) bond motifs is 1. The molecule has 5 nitrogen and oxygen atoms in total. The van der Waals surface area contributed by atoms with E-state index in [1.807, 2.05) is 51.7 Å². The number of anilines is 1. The van der Waals surface area contributed by atoms with Crippen LogP contribution in [0.1, 0.15) is 4.88 Å². The second-order valence-electron chi connectivity index (χ2n) is 5.51. The van der Waals surface area contributed by atoms with E-state index < -0.39 is 0 Å². The Morgan fingerprint density at radius 1 is 1.15 bits per heavy atom. The van der Waals surface area contributed by atoms with Gasteiger partial charge in [-0.3, -0.25) is 4.79 Å². The van der Waals surface area contributed by atoms with E-state index in [4.69, 9.17) is 0 Å². The topological polar surface area (TPSA) is 67.2 Å². The number of carbonyl (C=O) groups is 1. The summed E-state index contributed by atoms with van der Waals surface area (Å²) < 4.78 is 1.87. The van der Waals surface area contributed by atoms with Gasteiger partial charge in [-0.2, -0.15) is 0 Å². The van der Waals surface area contributed by atoms with E-state index >= 15 is 0 Å². The third-order valence-electron chi connectivity index (χ3n) is 3.81. The van der Waals surface area contributed by atoms with Crippen LogP contribution >= 0.6 is 34.4 Å². The molecule has 26 heavy (non-hydrogen) atoms. The Morgan fingerprint density at radius 2 is 2.00 bits per heavy atom. The van der Waals surface area contributed by atoms with E-state index in [9.17, 15) is 9.90 Å². The third kappa shape index (κ3) is 3.48. The first kappa shape index (κ1) is 17.1. The van der Waals surface area contributed by atoms with Crippen LogP contribution in [0.25, 0.3) is 10.8 Å². The lowest BCUT2D eigenvalue weighted by Gasteiger charge is -2.09. The molecule has 8 heteroatoms. The lowest BCUT2D eigenvalue weighted by atomic mass is 10.2. The largest absolute Gasteiger partial charge is 0.494 e. The van der Waals surface area contributed by atoms with E-state index in [1.165, 1.54) is 23.1 Å². The van der Waals surface area contributed by atoms with Gasteiger partial charge < -0.3 is 15.0 Å². The standard InChI is InChI=1S/C18H15N3O2S3/c22-15(20-18-19-7-9-25-18)11-26-17-14-6-2-1-5-13(14)16(23)21(17)10-12-4-3-8-24-12/h1-9,23H,10-11H2,(H,19,20,22). The normalized spacial score (nSPS) is 11.1. The second-order valence-corrected chi connectivity index (χ2v) is 8.40. The van der Waals surface area contributed by atoms with E-state index in [0.717, 1.165) is 20.7 Å². The van der Waals surface area contributed by atoms with Gasteiger partial charge in [-0.1, -0.05) is 36.0 Å². The van der Waals surface area contributed by atoms with Crippen LogP contribution in [0.3, 0.4) is 0 Å². The van der Waals surface area contributed by atoms with Crippen molar-refractivity contribution in [2.75, 3.05) is 11.1 Å². The smallest absolute Gasteiger partial charge is 0.236 e. The molecule has 0 spiro atoms. The van der Waals surface area contributed by atoms with Gasteiger partial charge in [0, 0.05) is 27.2 Å². The van der Waals surface area contributed by atoms with Crippen LogP contribution in [-0.4, -0.2) is 26.3 Å². The summed E-state index contributed by atoms with van der Waals surface area (Å²) in [6, 6.07) is 11.8. The van der Waals surface area contributed by atoms with Gasteiger partial charge in [0.2, 0.25) is 5.91 Å². The van der Waals surface area contributed by atoms with Crippen molar-refractivity contribution in [2.45, 2.75) is 11.6 Å². The van der Waals surface area contributed by atoms with Crippen LogP contribution < -0.4 is 5.32 Å². The van der Waals surface area contributed by atoms with E-state index in [0.29, 0.717) is 11.7 Å².